The maximum Gasteiger partial charge on any atom is 0.191 e. The Balaban J connectivity index is 0.00000338. The normalized spacial score (nSPS) is 11.5. The average molecular weight is 473 g/mol. The van der Waals surface area contributed by atoms with E-state index >= 15 is 0 Å². The maximum atomic E-state index is 4.48. The second-order valence-corrected chi connectivity index (χ2v) is 6.75. The molecule has 2 heterocycles. The molecule has 0 fully saturated rings. The van der Waals surface area contributed by atoms with Gasteiger partial charge >= 0.3 is 0 Å². The summed E-state index contributed by atoms with van der Waals surface area (Å²) >= 11 is 0. The van der Waals surface area contributed by atoms with Gasteiger partial charge < -0.3 is 15.2 Å². The zero-order valence-corrected chi connectivity index (χ0v) is 18.8. The first-order valence-electron chi connectivity index (χ1n) is 8.95. The molecule has 0 aliphatic rings. The van der Waals surface area contributed by atoms with Crippen LogP contribution in [0.2, 0.25) is 0 Å². The van der Waals surface area contributed by atoms with Gasteiger partial charge in [-0.1, -0.05) is 13.8 Å². The summed E-state index contributed by atoms with van der Waals surface area (Å²) in [5.41, 5.74) is 2.27. The summed E-state index contributed by atoms with van der Waals surface area (Å²) in [7, 11) is 1.79. The first-order chi connectivity index (χ1) is 12.0. The largest absolute Gasteiger partial charge is 0.356 e. The van der Waals surface area contributed by atoms with E-state index in [9.17, 15) is 0 Å². The predicted molar refractivity (Wildman–Crippen MR) is 117 cm³/mol. The van der Waals surface area contributed by atoms with Crippen molar-refractivity contribution in [3.63, 3.8) is 0 Å². The lowest BCUT2D eigenvalue weighted by Crippen LogP contribution is -2.38. The van der Waals surface area contributed by atoms with Crippen molar-refractivity contribution >= 4 is 29.9 Å². The molecule has 0 unspecified atom stereocenters. The standard InChI is InChI=1S/C18H31N7.HI/c1-14(2)13-24-10-8-20-17(24)12-22-18(19-5)21-7-6-9-25-16(4)11-15(3)23-25;/h8,10-11,14H,6-7,9,12-13H2,1-5H3,(H2,19,21,22);1H. The molecule has 146 valence electrons. The molecule has 0 spiro atoms. The third-order valence-electron chi connectivity index (χ3n) is 3.94. The Morgan fingerprint density at radius 2 is 2.04 bits per heavy atom. The number of guanidine groups is 1. The van der Waals surface area contributed by atoms with Gasteiger partial charge in [-0.2, -0.15) is 5.10 Å². The number of rotatable bonds is 8. The van der Waals surface area contributed by atoms with Crippen LogP contribution in [-0.4, -0.2) is 38.9 Å². The van der Waals surface area contributed by atoms with Crippen LogP contribution < -0.4 is 10.6 Å². The highest BCUT2D eigenvalue weighted by Crippen LogP contribution is 2.04. The van der Waals surface area contributed by atoms with Crippen LogP contribution in [0.25, 0.3) is 0 Å². The van der Waals surface area contributed by atoms with E-state index in [0.29, 0.717) is 12.5 Å². The van der Waals surface area contributed by atoms with Gasteiger partial charge in [0.1, 0.15) is 5.82 Å². The minimum atomic E-state index is 0. The van der Waals surface area contributed by atoms with Crippen LogP contribution in [0.3, 0.4) is 0 Å². The molecule has 2 rings (SSSR count). The molecular weight excluding hydrogens is 441 g/mol. The molecule has 0 aliphatic heterocycles. The molecule has 0 atom stereocenters. The Bertz CT molecular complexity index is 688. The Morgan fingerprint density at radius 3 is 2.65 bits per heavy atom. The van der Waals surface area contributed by atoms with E-state index in [1.807, 2.05) is 19.3 Å². The number of hydrogen-bond acceptors (Lipinski definition) is 3. The summed E-state index contributed by atoms with van der Waals surface area (Å²) in [4.78, 5) is 8.71. The molecule has 0 radical (unpaired) electrons. The van der Waals surface area contributed by atoms with Gasteiger partial charge in [-0.05, 0) is 32.3 Å². The van der Waals surface area contributed by atoms with Crippen molar-refractivity contribution in [2.24, 2.45) is 10.9 Å². The zero-order valence-electron chi connectivity index (χ0n) is 16.5. The SMILES string of the molecule is CN=C(NCCCn1nc(C)cc1C)NCc1nccn1CC(C)C.I. The molecule has 7 nitrogen and oxygen atoms in total. The number of aryl methyl sites for hydroxylation is 3. The van der Waals surface area contributed by atoms with Crippen molar-refractivity contribution in [1.82, 2.24) is 30.0 Å². The smallest absolute Gasteiger partial charge is 0.191 e. The highest BCUT2D eigenvalue weighted by Gasteiger charge is 2.06. The van der Waals surface area contributed by atoms with E-state index < -0.39 is 0 Å². The zero-order chi connectivity index (χ0) is 18.2. The molecule has 2 aromatic heterocycles. The number of nitrogens with one attached hydrogen (secondary N) is 2. The van der Waals surface area contributed by atoms with Crippen LogP contribution in [0, 0.1) is 19.8 Å². The fraction of sp³-hybridized carbons (Fsp3) is 0.611. The van der Waals surface area contributed by atoms with Gasteiger partial charge in [0, 0.05) is 44.8 Å². The monoisotopic (exact) mass is 473 g/mol. The molecular formula is C18H32IN7. The Labute approximate surface area is 173 Å². The summed E-state index contributed by atoms with van der Waals surface area (Å²) in [5.74, 6) is 2.42. The highest BCUT2D eigenvalue weighted by molar-refractivity contribution is 14.0. The lowest BCUT2D eigenvalue weighted by atomic mass is 10.2. The molecule has 2 aromatic rings. The lowest BCUT2D eigenvalue weighted by molar-refractivity contribution is 0.503. The molecule has 0 aromatic carbocycles. The molecule has 0 bridgehead atoms. The number of halogens is 1. The quantitative estimate of drug-likeness (QED) is 0.268. The van der Waals surface area contributed by atoms with Crippen LogP contribution in [0.1, 0.15) is 37.5 Å². The number of aromatic nitrogens is 4. The molecule has 2 N–H and O–H groups in total. The van der Waals surface area contributed by atoms with Crippen molar-refractivity contribution < 1.29 is 0 Å². The molecule has 8 heteroatoms. The molecule has 0 saturated heterocycles. The van der Waals surface area contributed by atoms with Gasteiger partial charge in [0.05, 0.1) is 12.2 Å². The number of aliphatic imine (C=N–C) groups is 1. The van der Waals surface area contributed by atoms with E-state index in [-0.39, 0.29) is 24.0 Å². The highest BCUT2D eigenvalue weighted by atomic mass is 127. The van der Waals surface area contributed by atoms with Crippen molar-refractivity contribution in [1.29, 1.82) is 0 Å². The van der Waals surface area contributed by atoms with E-state index in [0.717, 1.165) is 43.5 Å². The van der Waals surface area contributed by atoms with Crippen LogP contribution in [0.5, 0.6) is 0 Å². The molecule has 0 saturated carbocycles. The topological polar surface area (TPSA) is 72.1 Å². The van der Waals surface area contributed by atoms with Crippen molar-refractivity contribution in [2.75, 3.05) is 13.6 Å². The number of nitrogens with zero attached hydrogens (tertiary/aromatic N) is 5. The van der Waals surface area contributed by atoms with Gasteiger partial charge in [0.2, 0.25) is 0 Å². The first-order valence-corrected chi connectivity index (χ1v) is 8.95. The average Bonchev–Trinajstić information content (AvgIpc) is 3.12. The summed E-state index contributed by atoms with van der Waals surface area (Å²) in [6.45, 7) is 11.9. The molecule has 0 aliphatic carbocycles. The lowest BCUT2D eigenvalue weighted by Gasteiger charge is -2.14. The van der Waals surface area contributed by atoms with Crippen molar-refractivity contribution in [3.8, 4) is 0 Å². The number of imidazole rings is 1. The predicted octanol–water partition coefficient (Wildman–Crippen LogP) is 2.73. The minimum absolute atomic E-state index is 0. The summed E-state index contributed by atoms with van der Waals surface area (Å²) in [5, 5.41) is 11.2. The summed E-state index contributed by atoms with van der Waals surface area (Å²) in [6.07, 6.45) is 4.87. The Hall–Kier alpha value is -1.58. The third-order valence-corrected chi connectivity index (χ3v) is 3.94. The van der Waals surface area contributed by atoms with E-state index in [1.165, 1.54) is 5.69 Å². The van der Waals surface area contributed by atoms with Crippen molar-refractivity contribution in [2.45, 2.75) is 53.8 Å². The fourth-order valence-corrected chi connectivity index (χ4v) is 2.79. The van der Waals surface area contributed by atoms with Crippen molar-refractivity contribution in [3.05, 3.63) is 35.7 Å². The van der Waals surface area contributed by atoms with Crippen LogP contribution >= 0.6 is 24.0 Å². The van der Waals surface area contributed by atoms with Crippen LogP contribution in [0.15, 0.2) is 23.5 Å². The summed E-state index contributed by atoms with van der Waals surface area (Å²) in [6, 6.07) is 2.10. The van der Waals surface area contributed by atoms with Crippen LogP contribution in [-0.2, 0) is 19.6 Å². The maximum absolute atomic E-state index is 4.48. The van der Waals surface area contributed by atoms with Gasteiger partial charge in [0.25, 0.3) is 0 Å². The van der Waals surface area contributed by atoms with Crippen LogP contribution in [0.4, 0.5) is 0 Å². The fourth-order valence-electron chi connectivity index (χ4n) is 2.79. The van der Waals surface area contributed by atoms with Gasteiger partial charge in [0.15, 0.2) is 5.96 Å². The summed E-state index contributed by atoms with van der Waals surface area (Å²) < 4.78 is 4.24. The second-order valence-electron chi connectivity index (χ2n) is 6.75. The minimum Gasteiger partial charge on any atom is -0.356 e. The Kier molecular flexibility index (Phi) is 9.68. The van der Waals surface area contributed by atoms with E-state index in [4.69, 9.17) is 0 Å². The third kappa shape index (κ3) is 6.97. The van der Waals surface area contributed by atoms with Gasteiger partial charge in [-0.3, -0.25) is 9.67 Å². The van der Waals surface area contributed by atoms with Gasteiger partial charge in [-0.15, -0.1) is 24.0 Å². The molecule has 0 amide bonds. The Morgan fingerprint density at radius 1 is 1.27 bits per heavy atom. The van der Waals surface area contributed by atoms with E-state index in [2.05, 4.69) is 61.8 Å². The second kappa shape index (κ2) is 11.2. The molecule has 26 heavy (non-hydrogen) atoms. The van der Waals surface area contributed by atoms with E-state index in [1.54, 1.807) is 7.05 Å². The first kappa shape index (κ1) is 22.5. The van der Waals surface area contributed by atoms with Gasteiger partial charge in [-0.25, -0.2) is 4.98 Å². The number of hydrogen-bond donors (Lipinski definition) is 2.